The smallest absolute Gasteiger partial charge is 0.0792 e. The SMILES string of the molecule is c1ccc2c(c1)sc1ccc(-c3c4ccccc4c(-c4ccc5sc6ccccc6c5c4)c4ncccc34)cc12. The Morgan fingerprint density at radius 1 is 0.375 bits per heavy atom. The van der Waals surface area contributed by atoms with Crippen molar-refractivity contribution in [3.05, 3.63) is 128 Å². The predicted molar refractivity (Wildman–Crippen MR) is 176 cm³/mol. The number of hydrogen-bond acceptors (Lipinski definition) is 3. The highest BCUT2D eigenvalue weighted by Crippen LogP contribution is 2.46. The minimum absolute atomic E-state index is 1.05. The molecule has 186 valence electrons. The topological polar surface area (TPSA) is 12.9 Å². The summed E-state index contributed by atoms with van der Waals surface area (Å²) in [6, 6.07) is 44.5. The first kappa shape index (κ1) is 22.3. The van der Waals surface area contributed by atoms with E-state index in [1.807, 2.05) is 28.9 Å². The van der Waals surface area contributed by atoms with Crippen molar-refractivity contribution in [2.75, 3.05) is 0 Å². The van der Waals surface area contributed by atoms with Gasteiger partial charge in [-0.2, -0.15) is 0 Å². The molecule has 9 aromatic rings. The molecule has 0 aliphatic rings. The Hall–Kier alpha value is -4.57. The third-order valence-electron chi connectivity index (χ3n) is 8.11. The van der Waals surface area contributed by atoms with E-state index in [2.05, 4.69) is 121 Å². The Labute approximate surface area is 238 Å². The van der Waals surface area contributed by atoms with Crippen LogP contribution in [0.2, 0.25) is 0 Å². The molecule has 0 spiro atoms. The van der Waals surface area contributed by atoms with Crippen LogP contribution in [0, 0.1) is 0 Å². The Kier molecular flexibility index (Phi) is 4.71. The summed E-state index contributed by atoms with van der Waals surface area (Å²) in [4.78, 5) is 5.03. The van der Waals surface area contributed by atoms with Gasteiger partial charge in [-0.1, -0.05) is 78.9 Å². The van der Waals surface area contributed by atoms with Crippen molar-refractivity contribution in [1.82, 2.24) is 4.98 Å². The molecule has 0 aliphatic carbocycles. The fraction of sp³-hybridized carbons (Fsp3) is 0. The van der Waals surface area contributed by atoms with Gasteiger partial charge >= 0.3 is 0 Å². The first-order chi connectivity index (χ1) is 19.8. The molecule has 0 radical (unpaired) electrons. The summed E-state index contributed by atoms with van der Waals surface area (Å²) >= 11 is 3.72. The highest BCUT2D eigenvalue weighted by Gasteiger charge is 2.19. The molecule has 0 fully saturated rings. The van der Waals surface area contributed by atoms with Crippen LogP contribution in [0.15, 0.2) is 128 Å². The fourth-order valence-corrected chi connectivity index (χ4v) is 8.54. The van der Waals surface area contributed by atoms with Crippen LogP contribution in [-0.2, 0) is 0 Å². The molecule has 3 aromatic heterocycles. The third kappa shape index (κ3) is 3.16. The molecule has 3 heterocycles. The molecule has 6 aromatic carbocycles. The van der Waals surface area contributed by atoms with E-state index in [4.69, 9.17) is 4.98 Å². The zero-order valence-corrected chi connectivity index (χ0v) is 23.0. The minimum atomic E-state index is 1.05. The van der Waals surface area contributed by atoms with Crippen molar-refractivity contribution < 1.29 is 0 Å². The van der Waals surface area contributed by atoms with Gasteiger partial charge in [-0.25, -0.2) is 0 Å². The monoisotopic (exact) mass is 543 g/mol. The van der Waals surface area contributed by atoms with Gasteiger partial charge in [-0.15, -0.1) is 22.7 Å². The van der Waals surface area contributed by atoms with E-state index >= 15 is 0 Å². The third-order valence-corrected chi connectivity index (χ3v) is 10.4. The Balaban J connectivity index is 1.38. The van der Waals surface area contributed by atoms with Gasteiger partial charge in [0.05, 0.1) is 5.52 Å². The predicted octanol–water partition coefficient (Wildman–Crippen LogP) is 11.5. The molecule has 0 bridgehead atoms. The molecule has 0 aliphatic heterocycles. The van der Waals surface area contributed by atoms with Gasteiger partial charge in [0, 0.05) is 57.5 Å². The highest BCUT2D eigenvalue weighted by atomic mass is 32.1. The molecule has 1 nitrogen and oxygen atoms in total. The largest absolute Gasteiger partial charge is 0.256 e. The van der Waals surface area contributed by atoms with Crippen LogP contribution in [0.5, 0.6) is 0 Å². The molecule has 9 rings (SSSR count). The maximum absolute atomic E-state index is 5.03. The average Bonchev–Trinajstić information content (AvgIpc) is 3.57. The van der Waals surface area contributed by atoms with E-state index in [1.54, 1.807) is 0 Å². The number of nitrogens with zero attached hydrogens (tertiary/aromatic N) is 1. The van der Waals surface area contributed by atoms with Gasteiger partial charge in [-0.3, -0.25) is 4.98 Å². The number of thiophene rings is 2. The average molecular weight is 544 g/mol. The van der Waals surface area contributed by atoms with Crippen molar-refractivity contribution in [1.29, 1.82) is 0 Å². The lowest BCUT2D eigenvalue weighted by Gasteiger charge is -2.17. The highest BCUT2D eigenvalue weighted by molar-refractivity contribution is 7.26. The van der Waals surface area contributed by atoms with E-state index in [0.29, 0.717) is 0 Å². The van der Waals surface area contributed by atoms with Crippen LogP contribution in [0.3, 0.4) is 0 Å². The number of rotatable bonds is 2. The fourth-order valence-electron chi connectivity index (χ4n) is 6.36. The first-order valence-corrected chi connectivity index (χ1v) is 15.1. The quantitative estimate of drug-likeness (QED) is 0.198. The summed E-state index contributed by atoms with van der Waals surface area (Å²) in [5, 5.41) is 8.95. The van der Waals surface area contributed by atoms with Crippen LogP contribution in [0.1, 0.15) is 0 Å². The van der Waals surface area contributed by atoms with Crippen LogP contribution in [0.25, 0.3) is 84.3 Å². The van der Waals surface area contributed by atoms with Gasteiger partial charge in [0.2, 0.25) is 0 Å². The summed E-state index contributed by atoms with van der Waals surface area (Å²) in [6.45, 7) is 0. The second kappa shape index (κ2) is 8.46. The van der Waals surface area contributed by atoms with E-state index in [-0.39, 0.29) is 0 Å². The normalized spacial score (nSPS) is 12.0. The lowest BCUT2D eigenvalue weighted by molar-refractivity contribution is 1.42. The summed E-state index contributed by atoms with van der Waals surface area (Å²) in [7, 11) is 0. The number of hydrogen-bond donors (Lipinski definition) is 0. The molecule has 0 atom stereocenters. The van der Waals surface area contributed by atoms with Crippen molar-refractivity contribution in [3.63, 3.8) is 0 Å². The second-order valence-electron chi connectivity index (χ2n) is 10.3. The molecule has 0 unspecified atom stereocenters. The van der Waals surface area contributed by atoms with E-state index < -0.39 is 0 Å². The van der Waals surface area contributed by atoms with E-state index in [1.165, 1.54) is 78.8 Å². The Bertz CT molecular complexity index is 2220. The summed E-state index contributed by atoms with van der Waals surface area (Å²) < 4.78 is 5.30. The lowest BCUT2D eigenvalue weighted by atomic mass is 9.87. The summed E-state index contributed by atoms with van der Waals surface area (Å²) in [5.74, 6) is 0. The van der Waals surface area contributed by atoms with E-state index in [0.717, 1.165) is 5.52 Å². The van der Waals surface area contributed by atoms with Gasteiger partial charge in [-0.05, 0) is 69.9 Å². The maximum atomic E-state index is 5.03. The van der Waals surface area contributed by atoms with Gasteiger partial charge in [0.25, 0.3) is 0 Å². The number of aromatic nitrogens is 1. The Morgan fingerprint density at radius 2 is 0.850 bits per heavy atom. The van der Waals surface area contributed by atoms with Gasteiger partial charge in [0.1, 0.15) is 0 Å². The lowest BCUT2D eigenvalue weighted by Crippen LogP contribution is -1.92. The van der Waals surface area contributed by atoms with Crippen LogP contribution < -0.4 is 0 Å². The Morgan fingerprint density at radius 3 is 1.48 bits per heavy atom. The molecular weight excluding hydrogens is 523 g/mol. The zero-order valence-electron chi connectivity index (χ0n) is 21.4. The van der Waals surface area contributed by atoms with Crippen molar-refractivity contribution in [2.24, 2.45) is 0 Å². The van der Waals surface area contributed by atoms with Gasteiger partial charge in [0.15, 0.2) is 0 Å². The molecule has 0 amide bonds. The van der Waals surface area contributed by atoms with Gasteiger partial charge < -0.3 is 0 Å². The van der Waals surface area contributed by atoms with E-state index in [9.17, 15) is 0 Å². The molecule has 0 saturated heterocycles. The molecule has 0 N–H and O–H groups in total. The standard InChI is InChI=1S/C37H21NS2/c1-2-11-27-26(10-1)35(22-15-17-33-29(20-22)24-8-3-5-13-31(24)39-33)28-12-7-19-38-37(28)36(27)23-16-18-34-30(21-23)25-9-4-6-14-32(25)40-34/h1-21H. The molecule has 0 saturated carbocycles. The minimum Gasteiger partial charge on any atom is -0.256 e. The first-order valence-electron chi connectivity index (χ1n) is 13.5. The number of fused-ring (bicyclic) bond motifs is 8. The molecular formula is C37H21NS2. The van der Waals surface area contributed by atoms with Crippen molar-refractivity contribution in [3.8, 4) is 22.3 Å². The zero-order chi connectivity index (χ0) is 26.2. The van der Waals surface area contributed by atoms with Crippen LogP contribution >= 0.6 is 22.7 Å². The van der Waals surface area contributed by atoms with Crippen molar-refractivity contribution >= 4 is 84.7 Å². The second-order valence-corrected chi connectivity index (χ2v) is 12.5. The van der Waals surface area contributed by atoms with Crippen LogP contribution in [0.4, 0.5) is 0 Å². The van der Waals surface area contributed by atoms with Crippen molar-refractivity contribution in [2.45, 2.75) is 0 Å². The molecule has 40 heavy (non-hydrogen) atoms. The number of pyridine rings is 1. The summed E-state index contributed by atoms with van der Waals surface area (Å²) in [5.41, 5.74) is 5.94. The number of benzene rings is 6. The summed E-state index contributed by atoms with van der Waals surface area (Å²) in [6.07, 6.45) is 1.93. The van der Waals surface area contributed by atoms with Crippen LogP contribution in [-0.4, -0.2) is 4.98 Å². The maximum Gasteiger partial charge on any atom is 0.0792 e. The molecule has 3 heteroatoms.